The number of methoxy groups -OCH3 is 2. The van der Waals surface area contributed by atoms with Gasteiger partial charge < -0.3 is 19.8 Å². The number of anilines is 1. The van der Waals surface area contributed by atoms with Crippen LogP contribution in [-0.2, 0) is 4.79 Å². The lowest BCUT2D eigenvalue weighted by Crippen LogP contribution is -2.15. The number of aromatic nitrogens is 1. The maximum absolute atomic E-state index is 13.0. The number of nitrogens with one attached hydrogen (secondary N) is 2. The summed E-state index contributed by atoms with van der Waals surface area (Å²) in [6.07, 6.45) is 1.41. The third-order valence-electron chi connectivity index (χ3n) is 4.51. The van der Waals surface area contributed by atoms with Gasteiger partial charge in [0.2, 0.25) is 5.91 Å². The molecular weight excluding hydrogens is 356 g/mol. The Morgan fingerprint density at radius 1 is 1.04 bits per heavy atom. The Balaban J connectivity index is 2.00. The zero-order chi connectivity index (χ0) is 20.3. The number of fused-ring (bicyclic) bond motifs is 1. The first-order chi connectivity index (χ1) is 13.5. The number of carbonyl (C=O) groups excluding carboxylic acids is 1. The third kappa shape index (κ3) is 3.62. The lowest BCUT2D eigenvalue weighted by Gasteiger charge is -2.12. The Labute approximate surface area is 162 Å². The molecule has 0 aliphatic rings. The van der Waals surface area contributed by atoms with Crippen LogP contribution in [0.15, 0.2) is 53.3 Å². The van der Waals surface area contributed by atoms with Gasteiger partial charge in [0.15, 0.2) is 5.43 Å². The number of hydrogen-bond donors (Lipinski definition) is 2. The van der Waals surface area contributed by atoms with Crippen molar-refractivity contribution < 1.29 is 14.3 Å². The molecular formula is C22H22N2O4. The first kappa shape index (κ1) is 19.2. The predicted octanol–water partition coefficient (Wildman–Crippen LogP) is 3.90. The average molecular weight is 378 g/mol. The smallest absolute Gasteiger partial charge is 0.248 e. The largest absolute Gasteiger partial charge is 0.495 e. The second kappa shape index (κ2) is 8.00. The second-order valence-corrected chi connectivity index (χ2v) is 6.35. The summed E-state index contributed by atoms with van der Waals surface area (Å²) in [7, 11) is 3.10. The highest BCUT2D eigenvalue weighted by atomic mass is 16.5. The molecule has 0 aliphatic heterocycles. The molecule has 28 heavy (non-hydrogen) atoms. The predicted molar refractivity (Wildman–Crippen MR) is 111 cm³/mol. The Morgan fingerprint density at radius 3 is 2.43 bits per heavy atom. The van der Waals surface area contributed by atoms with Crippen molar-refractivity contribution in [3.05, 3.63) is 70.0 Å². The van der Waals surface area contributed by atoms with Crippen molar-refractivity contribution in [3.8, 4) is 11.5 Å². The Bertz CT molecular complexity index is 1130. The highest BCUT2D eigenvalue weighted by molar-refractivity contribution is 6.05. The van der Waals surface area contributed by atoms with Gasteiger partial charge in [-0.15, -0.1) is 0 Å². The topological polar surface area (TPSA) is 80.4 Å². The fourth-order valence-electron chi connectivity index (χ4n) is 3.23. The average Bonchev–Trinajstić information content (AvgIpc) is 2.68. The molecule has 2 N–H and O–H groups in total. The minimum absolute atomic E-state index is 0.149. The molecule has 2 aromatic carbocycles. The normalized spacial score (nSPS) is 11.4. The number of pyridine rings is 1. The Hall–Kier alpha value is -3.54. The van der Waals surface area contributed by atoms with Crippen molar-refractivity contribution in [2.45, 2.75) is 13.8 Å². The lowest BCUT2D eigenvalue weighted by molar-refractivity contribution is -0.111. The molecule has 1 amide bonds. The molecule has 3 rings (SSSR count). The number of aromatic amines is 1. The summed E-state index contributed by atoms with van der Waals surface area (Å²) < 4.78 is 10.6. The van der Waals surface area contributed by atoms with Crippen LogP contribution in [0.25, 0.3) is 16.5 Å². The summed E-state index contributed by atoms with van der Waals surface area (Å²) in [5.74, 6) is 0.820. The van der Waals surface area contributed by atoms with Gasteiger partial charge in [-0.25, -0.2) is 0 Å². The van der Waals surface area contributed by atoms with Gasteiger partial charge in [0.1, 0.15) is 11.5 Å². The molecule has 0 aliphatic carbocycles. The lowest BCUT2D eigenvalue weighted by atomic mass is 10.0. The number of benzene rings is 2. The maximum atomic E-state index is 13.0. The molecule has 0 spiro atoms. The number of carbonyl (C=O) groups is 1. The van der Waals surface area contributed by atoms with Crippen LogP contribution >= 0.6 is 0 Å². The van der Waals surface area contributed by atoms with E-state index in [9.17, 15) is 9.59 Å². The summed E-state index contributed by atoms with van der Waals surface area (Å²) in [5.41, 5.74) is 2.76. The van der Waals surface area contributed by atoms with Crippen LogP contribution in [0.2, 0.25) is 0 Å². The van der Waals surface area contributed by atoms with Gasteiger partial charge in [0.05, 0.1) is 25.4 Å². The summed E-state index contributed by atoms with van der Waals surface area (Å²) >= 11 is 0. The van der Waals surface area contributed by atoms with Crippen LogP contribution in [0.1, 0.15) is 18.2 Å². The number of allylic oxidation sites excluding steroid dienone is 1. The summed E-state index contributed by atoms with van der Waals surface area (Å²) in [6, 6.07) is 12.4. The minimum atomic E-state index is -0.341. The van der Waals surface area contributed by atoms with Crippen LogP contribution in [0.4, 0.5) is 5.69 Å². The fourth-order valence-corrected chi connectivity index (χ4v) is 3.23. The van der Waals surface area contributed by atoms with Crippen LogP contribution in [-0.4, -0.2) is 25.1 Å². The van der Waals surface area contributed by atoms with Crippen molar-refractivity contribution in [2.75, 3.05) is 19.5 Å². The van der Waals surface area contributed by atoms with E-state index in [-0.39, 0.29) is 11.3 Å². The molecule has 1 heterocycles. The Kier molecular flexibility index (Phi) is 5.49. The first-order valence-electron chi connectivity index (χ1n) is 8.78. The quantitative estimate of drug-likeness (QED) is 0.660. The molecule has 6 nitrogen and oxygen atoms in total. The van der Waals surface area contributed by atoms with Gasteiger partial charge in [-0.2, -0.15) is 0 Å². The van der Waals surface area contributed by atoms with Crippen LogP contribution < -0.4 is 20.2 Å². The van der Waals surface area contributed by atoms with E-state index in [0.717, 1.165) is 0 Å². The maximum Gasteiger partial charge on any atom is 0.248 e. The summed E-state index contributed by atoms with van der Waals surface area (Å²) in [5, 5.41) is 3.30. The SMILES string of the molecule is COc1ccccc1NC(=O)C=C(C)c1c(C)[nH]c2c(OC)cccc2c1=O. The van der Waals surface area contributed by atoms with E-state index >= 15 is 0 Å². The van der Waals surface area contributed by atoms with Gasteiger partial charge >= 0.3 is 0 Å². The molecule has 3 aromatic rings. The van der Waals surface area contributed by atoms with Crippen molar-refractivity contribution in [1.29, 1.82) is 0 Å². The standard InChI is InChI=1S/C22H22N2O4/c1-13(12-19(25)24-16-9-5-6-10-17(16)27-3)20-14(2)23-21-15(22(20)26)8-7-11-18(21)28-4/h5-12H,1-4H3,(H,23,26)(H,24,25). The molecule has 6 heteroatoms. The van der Waals surface area contributed by atoms with Gasteiger partial charge in [-0.3, -0.25) is 9.59 Å². The second-order valence-electron chi connectivity index (χ2n) is 6.35. The highest BCUT2D eigenvalue weighted by Crippen LogP contribution is 2.25. The van der Waals surface area contributed by atoms with Gasteiger partial charge in [0, 0.05) is 22.7 Å². The van der Waals surface area contributed by atoms with E-state index in [2.05, 4.69) is 10.3 Å². The van der Waals surface area contributed by atoms with E-state index in [1.165, 1.54) is 6.08 Å². The molecule has 1 aromatic heterocycles. The molecule has 144 valence electrons. The van der Waals surface area contributed by atoms with E-state index in [1.807, 2.05) is 6.07 Å². The fraction of sp³-hybridized carbons (Fsp3) is 0.182. The number of amides is 1. The zero-order valence-electron chi connectivity index (χ0n) is 16.3. The van der Waals surface area contributed by atoms with Crippen LogP contribution in [0.3, 0.4) is 0 Å². The number of ether oxygens (including phenoxy) is 2. The molecule has 0 saturated heterocycles. The monoisotopic (exact) mass is 378 g/mol. The molecule has 0 fully saturated rings. The van der Waals surface area contributed by atoms with E-state index in [0.29, 0.717) is 44.9 Å². The molecule has 0 radical (unpaired) electrons. The summed E-state index contributed by atoms with van der Waals surface area (Å²) in [4.78, 5) is 28.7. The highest BCUT2D eigenvalue weighted by Gasteiger charge is 2.14. The van der Waals surface area contributed by atoms with E-state index in [4.69, 9.17) is 9.47 Å². The van der Waals surface area contributed by atoms with E-state index in [1.54, 1.807) is 64.5 Å². The first-order valence-corrected chi connectivity index (χ1v) is 8.78. The van der Waals surface area contributed by atoms with E-state index < -0.39 is 0 Å². The number of rotatable bonds is 5. The number of H-pyrrole nitrogens is 1. The molecule has 0 saturated carbocycles. The van der Waals surface area contributed by atoms with Crippen molar-refractivity contribution >= 4 is 28.1 Å². The number of aryl methyl sites for hydroxylation is 1. The van der Waals surface area contributed by atoms with Gasteiger partial charge in [0.25, 0.3) is 0 Å². The minimum Gasteiger partial charge on any atom is -0.495 e. The Morgan fingerprint density at radius 2 is 1.71 bits per heavy atom. The van der Waals surface area contributed by atoms with Crippen LogP contribution in [0.5, 0.6) is 11.5 Å². The zero-order valence-corrected chi connectivity index (χ0v) is 16.3. The number of hydrogen-bond acceptors (Lipinski definition) is 4. The van der Waals surface area contributed by atoms with Crippen molar-refractivity contribution in [2.24, 2.45) is 0 Å². The molecule has 0 bridgehead atoms. The number of para-hydroxylation sites is 3. The molecule has 0 unspecified atom stereocenters. The van der Waals surface area contributed by atoms with Gasteiger partial charge in [-0.05, 0) is 43.7 Å². The third-order valence-corrected chi connectivity index (χ3v) is 4.51. The van der Waals surface area contributed by atoms with Crippen molar-refractivity contribution in [1.82, 2.24) is 4.98 Å². The summed E-state index contributed by atoms with van der Waals surface area (Å²) in [6.45, 7) is 3.55. The molecule has 0 atom stereocenters. The van der Waals surface area contributed by atoms with Crippen molar-refractivity contribution in [3.63, 3.8) is 0 Å². The van der Waals surface area contributed by atoms with Gasteiger partial charge in [-0.1, -0.05) is 18.2 Å². The van der Waals surface area contributed by atoms with Crippen LogP contribution in [0, 0.1) is 6.92 Å².